The van der Waals surface area contributed by atoms with Crippen LogP contribution in [-0.4, -0.2) is 49.3 Å². The second-order valence-electron chi connectivity index (χ2n) is 9.71. The Morgan fingerprint density at radius 1 is 1.05 bits per heavy atom. The van der Waals surface area contributed by atoms with Gasteiger partial charge in [-0.2, -0.15) is 0 Å². The van der Waals surface area contributed by atoms with E-state index in [1.165, 1.54) is 16.6 Å². The smallest absolute Gasteiger partial charge is 0.338 e. The van der Waals surface area contributed by atoms with Crippen LogP contribution in [-0.2, 0) is 23.9 Å². The minimum absolute atomic E-state index is 0.122. The summed E-state index contributed by atoms with van der Waals surface area (Å²) in [5.74, 6) is -1.27. The van der Waals surface area contributed by atoms with E-state index in [1.54, 1.807) is 56.3 Å². The average Bonchev–Trinajstić information content (AvgIpc) is 3.45. The number of thiazole rings is 1. The third-order valence-corrected chi connectivity index (χ3v) is 8.39. The lowest BCUT2D eigenvalue weighted by atomic mass is 9.93. The Hall–Kier alpha value is -4.22. The van der Waals surface area contributed by atoms with Gasteiger partial charge in [-0.3, -0.25) is 23.9 Å². The van der Waals surface area contributed by atoms with Gasteiger partial charge in [-0.1, -0.05) is 54.5 Å². The van der Waals surface area contributed by atoms with Crippen molar-refractivity contribution in [2.45, 2.75) is 39.7 Å². The van der Waals surface area contributed by atoms with Gasteiger partial charge in [-0.25, -0.2) is 9.79 Å². The fourth-order valence-electron chi connectivity index (χ4n) is 5.38. The summed E-state index contributed by atoms with van der Waals surface area (Å²) >= 11 is 7.48. The summed E-state index contributed by atoms with van der Waals surface area (Å²) in [6, 6.07) is 11.0. The van der Waals surface area contributed by atoms with Gasteiger partial charge in [0.05, 0.1) is 42.9 Å². The fourth-order valence-corrected chi connectivity index (χ4v) is 6.67. The minimum atomic E-state index is -0.984. The highest BCUT2D eigenvalue weighted by atomic mass is 35.5. The van der Waals surface area contributed by atoms with Gasteiger partial charge in [-0.05, 0) is 44.5 Å². The molecule has 0 bridgehead atoms. The van der Waals surface area contributed by atoms with E-state index < -0.39 is 29.4 Å². The van der Waals surface area contributed by atoms with Crippen LogP contribution in [0.1, 0.15) is 50.8 Å². The van der Waals surface area contributed by atoms with Gasteiger partial charge in [0.2, 0.25) is 0 Å². The third-order valence-electron chi connectivity index (χ3n) is 7.10. The van der Waals surface area contributed by atoms with Crippen LogP contribution in [0.3, 0.4) is 0 Å². The number of fused-ring (bicyclic) bond motifs is 2. The molecule has 0 fully saturated rings. The van der Waals surface area contributed by atoms with Crippen LogP contribution in [0.2, 0.25) is 5.02 Å². The van der Waals surface area contributed by atoms with Gasteiger partial charge in [0.25, 0.3) is 11.5 Å². The average molecular weight is 624 g/mol. The molecule has 1 aromatic heterocycles. The number of anilines is 1. The van der Waals surface area contributed by atoms with E-state index in [1.807, 2.05) is 6.92 Å². The van der Waals surface area contributed by atoms with Crippen LogP contribution in [0, 0.1) is 0 Å². The van der Waals surface area contributed by atoms with Crippen LogP contribution < -0.4 is 24.5 Å². The van der Waals surface area contributed by atoms with Crippen molar-refractivity contribution in [3.8, 4) is 5.75 Å². The quantitative estimate of drug-likeness (QED) is 0.335. The lowest BCUT2D eigenvalue weighted by Gasteiger charge is -2.27. The van der Waals surface area contributed by atoms with Crippen LogP contribution in [0.15, 0.2) is 63.5 Å². The first-order valence-corrected chi connectivity index (χ1v) is 15.1. The maximum atomic E-state index is 14.4. The monoisotopic (exact) mass is 623 g/mol. The fraction of sp³-hybridized carbons (Fsp3) is 0.323. The molecule has 12 heteroatoms. The molecular weight excluding hydrogens is 594 g/mol. The first-order valence-electron chi connectivity index (χ1n) is 13.9. The predicted molar refractivity (Wildman–Crippen MR) is 162 cm³/mol. The number of carbonyl (C=O) groups is 3. The summed E-state index contributed by atoms with van der Waals surface area (Å²) in [5, 5.41) is 0.382. The molecule has 3 aromatic rings. The molecule has 0 saturated carbocycles. The van der Waals surface area contributed by atoms with Gasteiger partial charge < -0.3 is 14.2 Å². The number of para-hydroxylation sites is 1. The van der Waals surface area contributed by atoms with Crippen molar-refractivity contribution in [3.05, 3.63) is 89.6 Å². The summed E-state index contributed by atoms with van der Waals surface area (Å²) in [6.45, 7) is 5.34. The molecule has 2 aliphatic heterocycles. The van der Waals surface area contributed by atoms with Crippen molar-refractivity contribution in [1.82, 2.24) is 4.57 Å². The Morgan fingerprint density at radius 2 is 1.79 bits per heavy atom. The molecule has 224 valence electrons. The number of esters is 2. The zero-order valence-electron chi connectivity index (χ0n) is 24.1. The van der Waals surface area contributed by atoms with Crippen LogP contribution >= 0.6 is 22.9 Å². The number of rotatable bonds is 9. The van der Waals surface area contributed by atoms with E-state index in [9.17, 15) is 19.2 Å². The zero-order valence-corrected chi connectivity index (χ0v) is 25.7. The predicted octanol–water partition coefficient (Wildman–Crippen LogP) is 3.52. The molecule has 0 unspecified atom stereocenters. The van der Waals surface area contributed by atoms with Crippen LogP contribution in [0.5, 0.6) is 5.75 Å². The molecule has 1 atom stereocenters. The lowest BCUT2D eigenvalue weighted by Crippen LogP contribution is -2.41. The molecule has 10 nitrogen and oxygen atoms in total. The van der Waals surface area contributed by atoms with Crippen molar-refractivity contribution in [1.29, 1.82) is 0 Å². The van der Waals surface area contributed by atoms with Crippen molar-refractivity contribution < 1.29 is 28.6 Å². The summed E-state index contributed by atoms with van der Waals surface area (Å²) in [7, 11) is 1.49. The van der Waals surface area contributed by atoms with Crippen molar-refractivity contribution >= 4 is 52.0 Å². The maximum Gasteiger partial charge on any atom is 0.338 e. The number of allylic oxidation sites excluding steroid dienone is 1. The van der Waals surface area contributed by atoms with E-state index in [2.05, 4.69) is 0 Å². The second-order valence-corrected chi connectivity index (χ2v) is 11.1. The number of hydrogen-bond donors (Lipinski definition) is 0. The van der Waals surface area contributed by atoms with Crippen molar-refractivity contribution in [2.24, 2.45) is 4.99 Å². The molecule has 43 heavy (non-hydrogen) atoms. The zero-order chi connectivity index (χ0) is 30.8. The molecule has 2 aromatic carbocycles. The Labute approximate surface area is 256 Å². The SMILES string of the molecule is CCCC1=C(C(=O)OCC)[C@@H](c2cc(Cl)ccc2OC)n2c(s/c(=C3\C(=O)N(CC(=O)OCC)c4ccccc43)c2=O)=N1. The third kappa shape index (κ3) is 5.38. The highest BCUT2D eigenvalue weighted by molar-refractivity contribution is 7.07. The number of ether oxygens (including phenoxy) is 3. The van der Waals surface area contributed by atoms with Gasteiger partial charge in [-0.15, -0.1) is 0 Å². The van der Waals surface area contributed by atoms with E-state index in [4.69, 9.17) is 30.8 Å². The number of amides is 1. The van der Waals surface area contributed by atoms with Gasteiger partial charge in [0, 0.05) is 16.1 Å². The first kappa shape index (κ1) is 30.2. The molecule has 0 spiro atoms. The van der Waals surface area contributed by atoms with Crippen LogP contribution in [0.25, 0.3) is 5.57 Å². The first-order chi connectivity index (χ1) is 20.7. The van der Waals surface area contributed by atoms with E-state index in [0.717, 1.165) is 11.3 Å². The molecule has 0 saturated heterocycles. The summed E-state index contributed by atoms with van der Waals surface area (Å²) in [4.78, 5) is 60.6. The Morgan fingerprint density at radius 3 is 2.49 bits per heavy atom. The Balaban J connectivity index is 1.83. The Bertz CT molecular complexity index is 1840. The van der Waals surface area contributed by atoms with E-state index >= 15 is 0 Å². The summed E-state index contributed by atoms with van der Waals surface area (Å²) in [5.41, 5.74) is 1.79. The molecule has 5 rings (SSSR count). The summed E-state index contributed by atoms with van der Waals surface area (Å²) in [6.07, 6.45) is 1.12. The van der Waals surface area contributed by atoms with Gasteiger partial charge >= 0.3 is 11.9 Å². The van der Waals surface area contributed by atoms with E-state index in [-0.39, 0.29) is 35.4 Å². The maximum absolute atomic E-state index is 14.4. The highest BCUT2D eigenvalue weighted by Gasteiger charge is 2.39. The normalized spacial score (nSPS) is 16.9. The topological polar surface area (TPSA) is 117 Å². The molecule has 3 heterocycles. The summed E-state index contributed by atoms with van der Waals surface area (Å²) < 4.78 is 17.7. The number of hydrogen-bond acceptors (Lipinski definition) is 9. The molecule has 2 aliphatic rings. The number of nitrogens with zero attached hydrogens (tertiary/aromatic N) is 3. The Kier molecular flexibility index (Phi) is 8.84. The number of benzene rings is 2. The highest BCUT2D eigenvalue weighted by Crippen LogP contribution is 2.39. The standard InChI is InChI=1S/C31H30ClN3O7S/c1-5-10-20-25(30(39)42-7-3)26(19-15-17(32)13-14-22(19)40-4)35-29(38)27(43-31(35)33-20)24-18-11-8-9-12-21(18)34(28(24)37)16-23(36)41-6-2/h8-9,11-15,26H,5-7,10,16H2,1-4H3/b27-24-/t26-/m1/s1. The second kappa shape index (κ2) is 12.6. The molecule has 1 amide bonds. The van der Waals surface area contributed by atoms with Gasteiger partial charge in [0.1, 0.15) is 22.9 Å². The number of carbonyl (C=O) groups excluding carboxylic acids is 3. The number of halogens is 1. The molecule has 0 radical (unpaired) electrons. The van der Waals surface area contributed by atoms with Crippen molar-refractivity contribution in [3.63, 3.8) is 0 Å². The number of aromatic nitrogens is 1. The molecular formula is C31H30ClN3O7S. The largest absolute Gasteiger partial charge is 0.496 e. The lowest BCUT2D eigenvalue weighted by molar-refractivity contribution is -0.142. The van der Waals surface area contributed by atoms with Crippen molar-refractivity contribution in [2.75, 3.05) is 31.8 Å². The van der Waals surface area contributed by atoms with E-state index in [0.29, 0.717) is 50.9 Å². The number of methoxy groups -OCH3 is 1. The van der Waals surface area contributed by atoms with Gasteiger partial charge in [0.15, 0.2) is 4.80 Å². The molecule has 0 aliphatic carbocycles. The van der Waals surface area contributed by atoms with Crippen LogP contribution in [0.4, 0.5) is 5.69 Å². The minimum Gasteiger partial charge on any atom is -0.496 e. The molecule has 0 N–H and O–H groups in total.